The van der Waals surface area contributed by atoms with E-state index in [1.54, 1.807) is 30.8 Å². The Labute approximate surface area is 313 Å². The van der Waals surface area contributed by atoms with Crippen molar-refractivity contribution in [1.82, 2.24) is 4.90 Å². The summed E-state index contributed by atoms with van der Waals surface area (Å²) in [5, 5.41) is 56.6. The number of hydrogen-bond donors (Lipinski definition) is 6. The van der Waals surface area contributed by atoms with Crippen molar-refractivity contribution in [3.05, 3.63) is 46.2 Å². The quantitative estimate of drug-likeness (QED) is 0.0785. The van der Waals surface area contributed by atoms with Crippen molar-refractivity contribution in [2.24, 2.45) is 17.6 Å². The number of aliphatic carboxylic acids is 1. The second kappa shape index (κ2) is 16.7. The van der Waals surface area contributed by atoms with Crippen molar-refractivity contribution in [1.29, 1.82) is 0 Å². The van der Waals surface area contributed by atoms with Gasteiger partial charge in [-0.2, -0.15) is 11.8 Å². The van der Waals surface area contributed by atoms with Gasteiger partial charge in [0.15, 0.2) is 17.2 Å². The van der Waals surface area contributed by atoms with E-state index in [0.29, 0.717) is 55.1 Å². The van der Waals surface area contributed by atoms with Crippen LogP contribution in [-0.2, 0) is 28.7 Å². The summed E-state index contributed by atoms with van der Waals surface area (Å²) in [6.07, 6.45) is 5.64. The molecule has 0 aromatic heterocycles. The molecule has 1 unspecified atom stereocenters. The number of likely N-dealkylation sites (N-methyl/N-ethyl adjacent to an activating group) is 1. The number of aliphatic hydroxyl groups excluding tert-OH is 2. The number of rotatable bonds is 16. The van der Waals surface area contributed by atoms with Crippen LogP contribution in [0.1, 0.15) is 101 Å². The Balaban J connectivity index is 1.56. The normalized spacial score (nSPS) is 27.8. The highest BCUT2D eigenvalue weighted by molar-refractivity contribution is 7.99. The Morgan fingerprint density at radius 3 is 2.34 bits per heavy atom. The number of nitrogens with two attached hydrogens (primary N) is 1. The number of aromatic hydroxyl groups is 1. The SMILES string of the molecule is CCC(=O)O[C@H]1[C@H]2C(=C(O)c3c(O)cccc3[C@@H]2CSC2CCCC2)C(=O)[C@]2(O)C(O)=C(C(=O)CCCCCCCC(N)C(=O)O)C(=O)[C@H](N(C)C)[C@H]12. The van der Waals surface area contributed by atoms with Gasteiger partial charge in [0.25, 0.3) is 0 Å². The average Bonchev–Trinajstić information content (AvgIpc) is 3.64. The summed E-state index contributed by atoms with van der Waals surface area (Å²) in [6, 6.07) is 2.41. The fourth-order valence-corrected chi connectivity index (χ4v) is 10.2. The maximum atomic E-state index is 14.9. The van der Waals surface area contributed by atoms with E-state index in [9.17, 15) is 44.4 Å². The summed E-state index contributed by atoms with van der Waals surface area (Å²) >= 11 is 1.69. The van der Waals surface area contributed by atoms with E-state index >= 15 is 0 Å². The number of Topliss-reactive ketones (excluding diaryl/α,β-unsaturated/α-hetero) is 3. The third-order valence-electron chi connectivity index (χ3n) is 11.4. The minimum absolute atomic E-state index is 0.00694. The lowest BCUT2D eigenvalue weighted by molar-refractivity contribution is -0.185. The molecule has 7 atom stereocenters. The fourth-order valence-electron chi connectivity index (χ4n) is 8.70. The summed E-state index contributed by atoms with van der Waals surface area (Å²) in [7, 11) is 3.08. The van der Waals surface area contributed by atoms with Crippen LogP contribution >= 0.6 is 11.8 Å². The molecule has 290 valence electrons. The first-order valence-electron chi connectivity index (χ1n) is 18.7. The molecule has 0 aliphatic heterocycles. The maximum Gasteiger partial charge on any atom is 0.320 e. The summed E-state index contributed by atoms with van der Waals surface area (Å²) in [5.74, 6) is -9.33. The lowest BCUT2D eigenvalue weighted by Gasteiger charge is -2.55. The zero-order valence-corrected chi connectivity index (χ0v) is 31.4. The Morgan fingerprint density at radius 2 is 1.70 bits per heavy atom. The molecule has 0 radical (unpaired) electrons. The van der Waals surface area contributed by atoms with E-state index in [1.807, 2.05) is 0 Å². The highest BCUT2D eigenvalue weighted by Gasteiger charge is 2.69. The summed E-state index contributed by atoms with van der Waals surface area (Å²) < 4.78 is 6.09. The molecular formula is C39H52N2O11S. The van der Waals surface area contributed by atoms with Crippen LogP contribution in [0, 0.1) is 11.8 Å². The van der Waals surface area contributed by atoms with Crippen LogP contribution in [-0.4, -0.2) is 109 Å². The zero-order chi connectivity index (χ0) is 38.8. The summed E-state index contributed by atoms with van der Waals surface area (Å²) in [4.78, 5) is 68.6. The van der Waals surface area contributed by atoms with Crippen LogP contribution in [0.4, 0.5) is 0 Å². The number of ketones is 3. The minimum atomic E-state index is -2.94. The number of carbonyl (C=O) groups is 5. The zero-order valence-electron chi connectivity index (χ0n) is 30.6. The molecule has 4 aliphatic carbocycles. The van der Waals surface area contributed by atoms with Crippen LogP contribution in [0.3, 0.4) is 0 Å². The molecule has 5 rings (SSSR count). The summed E-state index contributed by atoms with van der Waals surface area (Å²) in [6.45, 7) is 1.58. The number of phenols is 1. The molecule has 0 heterocycles. The Kier molecular flexibility index (Phi) is 12.8. The largest absolute Gasteiger partial charge is 0.508 e. The molecule has 53 heavy (non-hydrogen) atoms. The van der Waals surface area contributed by atoms with Crippen molar-refractivity contribution in [2.45, 2.75) is 119 Å². The molecule has 1 aromatic rings. The smallest absolute Gasteiger partial charge is 0.320 e. The number of nitrogens with zero attached hydrogens (tertiary/aromatic N) is 1. The number of ether oxygens (including phenoxy) is 1. The lowest BCUT2D eigenvalue weighted by Crippen LogP contribution is -2.71. The molecule has 0 saturated heterocycles. The second-order valence-corrected chi connectivity index (χ2v) is 16.3. The van der Waals surface area contributed by atoms with Gasteiger partial charge >= 0.3 is 11.9 Å². The number of carbonyl (C=O) groups excluding carboxylic acids is 4. The summed E-state index contributed by atoms with van der Waals surface area (Å²) in [5.41, 5.74) is 2.10. The first-order valence-corrected chi connectivity index (χ1v) is 19.7. The molecule has 4 aliphatic rings. The van der Waals surface area contributed by atoms with Crippen LogP contribution in [0.15, 0.2) is 35.1 Å². The predicted molar refractivity (Wildman–Crippen MR) is 197 cm³/mol. The van der Waals surface area contributed by atoms with Crippen LogP contribution in [0.5, 0.6) is 5.75 Å². The maximum absolute atomic E-state index is 14.9. The van der Waals surface area contributed by atoms with E-state index in [1.165, 1.54) is 25.1 Å². The average molecular weight is 757 g/mol. The number of hydrogen-bond acceptors (Lipinski definition) is 13. The van der Waals surface area contributed by atoms with Gasteiger partial charge in [0.05, 0.1) is 17.5 Å². The highest BCUT2D eigenvalue weighted by Crippen LogP contribution is 2.58. The number of carboxylic acids is 1. The van der Waals surface area contributed by atoms with Crippen LogP contribution < -0.4 is 5.73 Å². The lowest BCUT2D eigenvalue weighted by atomic mass is 9.54. The number of carboxylic acid groups (broad SMARTS) is 1. The second-order valence-electron chi connectivity index (χ2n) is 15.0. The first-order chi connectivity index (χ1) is 25.2. The Bertz CT molecular complexity index is 1680. The fraction of sp³-hybridized carbons (Fsp3) is 0.615. The Morgan fingerprint density at radius 1 is 1.04 bits per heavy atom. The van der Waals surface area contributed by atoms with Gasteiger partial charge in [-0.25, -0.2) is 0 Å². The van der Waals surface area contributed by atoms with Crippen molar-refractivity contribution >= 4 is 46.8 Å². The van der Waals surface area contributed by atoms with E-state index in [-0.39, 0.29) is 29.7 Å². The third-order valence-corrected chi connectivity index (χ3v) is 12.9. The van der Waals surface area contributed by atoms with Gasteiger partial charge in [-0.1, -0.05) is 57.6 Å². The molecule has 0 spiro atoms. The van der Waals surface area contributed by atoms with Gasteiger partial charge in [0.2, 0.25) is 5.78 Å². The van der Waals surface area contributed by atoms with Crippen molar-refractivity contribution < 1.29 is 54.2 Å². The van der Waals surface area contributed by atoms with E-state index in [0.717, 1.165) is 25.7 Å². The molecule has 0 amide bonds. The molecular weight excluding hydrogens is 704 g/mol. The van der Waals surface area contributed by atoms with Crippen LogP contribution in [0.25, 0.3) is 5.76 Å². The van der Waals surface area contributed by atoms with E-state index in [4.69, 9.17) is 15.6 Å². The number of unbranched alkanes of at least 4 members (excludes halogenated alkanes) is 4. The van der Waals surface area contributed by atoms with Gasteiger partial charge in [-0.15, -0.1) is 0 Å². The molecule has 2 fully saturated rings. The number of fused-ring (bicyclic) bond motifs is 3. The number of benzene rings is 1. The molecule has 13 nitrogen and oxygen atoms in total. The third kappa shape index (κ3) is 7.65. The van der Waals surface area contributed by atoms with E-state index in [2.05, 4.69) is 0 Å². The first kappa shape index (κ1) is 40.5. The highest BCUT2D eigenvalue weighted by atomic mass is 32.2. The van der Waals surface area contributed by atoms with E-state index < -0.39 is 87.9 Å². The van der Waals surface area contributed by atoms with Gasteiger partial charge in [-0.05, 0) is 51.4 Å². The topological polar surface area (TPSA) is 225 Å². The van der Waals surface area contributed by atoms with Crippen molar-refractivity contribution in [2.75, 3.05) is 19.8 Å². The standard InChI is InChI=1S/C39H52N2O11S/c1-4-26(44)52-35-28-22(19-53-20-13-10-11-14-20)21-15-12-18-24(42)27(21)33(45)30(28)37(48)39(51)31(35)32(41(2)3)34(46)29(36(39)47)25(43)17-9-7-5-6-8-16-23(40)38(49)50/h12,15,18,20,22-23,28,31-32,35,42,45,47,51H,4-11,13-14,16-17,19,40H2,1-3H3,(H,49,50)/t22-,23?,28+,31+,32+,35-,39+/m0/s1. The number of aliphatic hydroxyl groups is 3. The molecule has 0 bridgehead atoms. The number of thioether (sulfide) groups is 1. The van der Waals surface area contributed by atoms with Gasteiger partial charge in [-0.3, -0.25) is 28.9 Å². The monoisotopic (exact) mass is 756 g/mol. The molecule has 2 saturated carbocycles. The molecule has 14 heteroatoms. The molecule has 1 aromatic carbocycles. The van der Waals surface area contributed by atoms with Gasteiger partial charge < -0.3 is 36.0 Å². The number of phenolic OH excluding ortho intramolecular Hbond substituents is 1. The predicted octanol–water partition coefficient (Wildman–Crippen LogP) is 4.34. The minimum Gasteiger partial charge on any atom is -0.508 e. The van der Waals surface area contributed by atoms with Gasteiger partial charge in [0, 0.05) is 41.3 Å². The Hall–Kier alpha value is -3.72. The number of esters is 1. The molecule has 7 N–H and O–H groups in total. The van der Waals surface area contributed by atoms with Gasteiger partial charge in [0.1, 0.15) is 35.0 Å². The van der Waals surface area contributed by atoms with Crippen molar-refractivity contribution in [3.8, 4) is 5.75 Å². The van der Waals surface area contributed by atoms with Crippen LogP contribution in [0.2, 0.25) is 0 Å². The van der Waals surface area contributed by atoms with Crippen molar-refractivity contribution in [3.63, 3.8) is 0 Å².